The average molecular weight is 235 g/mol. The smallest absolute Gasteiger partial charge is 0.319 e. The number of allylic oxidation sites excluding steroid dienone is 2. The lowest BCUT2D eigenvalue weighted by molar-refractivity contribution is -0.140. The van der Waals surface area contributed by atoms with Crippen molar-refractivity contribution < 1.29 is 9.63 Å². The van der Waals surface area contributed by atoms with Crippen molar-refractivity contribution in [1.29, 1.82) is 0 Å². The Balaban J connectivity index is 1.93. The van der Waals surface area contributed by atoms with Gasteiger partial charge in [-0.25, -0.2) is 4.79 Å². The van der Waals surface area contributed by atoms with Crippen molar-refractivity contribution in [2.75, 3.05) is 0 Å². The van der Waals surface area contributed by atoms with E-state index in [1.54, 1.807) is 11.8 Å². The maximum Gasteiger partial charge on any atom is 0.331 e. The van der Waals surface area contributed by atoms with Crippen LogP contribution in [0.4, 0.5) is 0 Å². The molecule has 0 aromatic rings. The van der Waals surface area contributed by atoms with E-state index >= 15 is 0 Å². The maximum absolute atomic E-state index is 10.6. The fourth-order valence-corrected chi connectivity index (χ4v) is 2.74. The molecule has 0 aliphatic heterocycles. The van der Waals surface area contributed by atoms with Crippen LogP contribution in [0.2, 0.25) is 0 Å². The molecule has 0 radical (unpaired) electrons. The highest BCUT2D eigenvalue weighted by Gasteiger charge is 2.55. The summed E-state index contributed by atoms with van der Waals surface area (Å²) in [5.41, 5.74) is 1.87. The van der Waals surface area contributed by atoms with Gasteiger partial charge in [-0.3, -0.25) is 0 Å². The monoisotopic (exact) mass is 235 g/mol. The van der Waals surface area contributed by atoms with Crippen LogP contribution in [0.3, 0.4) is 0 Å². The second-order valence-electron chi connectivity index (χ2n) is 5.74. The van der Waals surface area contributed by atoms with E-state index in [1.165, 1.54) is 32.6 Å². The van der Waals surface area contributed by atoms with Crippen LogP contribution in [0, 0.1) is 17.3 Å². The maximum atomic E-state index is 10.6. The summed E-state index contributed by atoms with van der Waals surface area (Å²) >= 11 is 0. The first-order chi connectivity index (χ1) is 8.01. The molecule has 3 nitrogen and oxygen atoms in total. The zero-order chi connectivity index (χ0) is 12.5. The Bertz CT molecular complexity index is 360. The molecule has 0 unspecified atom stereocenters. The van der Waals surface area contributed by atoms with Crippen LogP contribution in [-0.4, -0.2) is 12.2 Å². The third-order valence-electron chi connectivity index (χ3n) is 4.06. The molecular weight excluding hydrogens is 214 g/mol. The molecule has 2 rings (SSSR count). The first-order valence-electron chi connectivity index (χ1n) is 6.42. The number of hydrogen-bond donors (Lipinski definition) is 0. The predicted octanol–water partition coefficient (Wildman–Crippen LogP) is 3.31. The highest BCUT2D eigenvalue weighted by molar-refractivity contribution is 5.70. The number of nitrogens with zero attached hydrogens (tertiary/aromatic N) is 1. The van der Waals surface area contributed by atoms with E-state index in [9.17, 15) is 4.79 Å². The fourth-order valence-electron chi connectivity index (χ4n) is 2.74. The number of rotatable bonds is 3. The molecule has 0 aromatic heterocycles. The van der Waals surface area contributed by atoms with Crippen molar-refractivity contribution in [3.63, 3.8) is 0 Å². The van der Waals surface area contributed by atoms with E-state index in [-0.39, 0.29) is 11.4 Å². The molecule has 0 saturated heterocycles. The number of carbonyl (C=O) groups excluding carboxylic acids is 1. The van der Waals surface area contributed by atoms with Crippen molar-refractivity contribution in [2.45, 2.75) is 46.5 Å². The van der Waals surface area contributed by atoms with E-state index in [0.717, 1.165) is 0 Å². The first-order valence-corrected chi connectivity index (χ1v) is 6.42. The van der Waals surface area contributed by atoms with Crippen LogP contribution >= 0.6 is 0 Å². The van der Waals surface area contributed by atoms with Crippen molar-refractivity contribution in [1.82, 2.24) is 0 Å². The summed E-state index contributed by atoms with van der Waals surface area (Å²) in [7, 11) is 0. The molecule has 0 bridgehead atoms. The van der Waals surface area contributed by atoms with Gasteiger partial charge in [-0.15, -0.1) is 0 Å². The van der Waals surface area contributed by atoms with Gasteiger partial charge < -0.3 is 4.84 Å². The summed E-state index contributed by atoms with van der Waals surface area (Å²) in [6.45, 7) is 5.86. The molecule has 2 aliphatic carbocycles. The molecule has 0 heterocycles. The van der Waals surface area contributed by atoms with Crippen LogP contribution in [0.1, 0.15) is 46.5 Å². The quantitative estimate of drug-likeness (QED) is 0.326. The lowest BCUT2D eigenvalue weighted by Gasteiger charge is -1.98. The van der Waals surface area contributed by atoms with Gasteiger partial charge in [0.2, 0.25) is 0 Å². The van der Waals surface area contributed by atoms with Crippen LogP contribution in [-0.2, 0) is 9.63 Å². The fraction of sp³-hybridized carbons (Fsp3) is 0.714. The molecule has 17 heavy (non-hydrogen) atoms. The van der Waals surface area contributed by atoms with E-state index in [0.29, 0.717) is 11.8 Å². The number of carbonyl (C=O) groups is 1. The van der Waals surface area contributed by atoms with Crippen molar-refractivity contribution in [2.24, 2.45) is 22.4 Å². The van der Waals surface area contributed by atoms with Crippen LogP contribution < -0.4 is 0 Å². The summed E-state index contributed by atoms with van der Waals surface area (Å²) in [6, 6.07) is 0. The zero-order valence-corrected chi connectivity index (χ0v) is 10.9. The Morgan fingerprint density at radius 2 is 2.00 bits per heavy atom. The summed E-state index contributed by atoms with van der Waals surface area (Å²) in [5.74, 6) is 0.621. The lowest BCUT2D eigenvalue weighted by atomic mass is 10.1. The number of hydrogen-bond acceptors (Lipinski definition) is 3. The molecular formula is C14H21NO2. The van der Waals surface area contributed by atoms with E-state index in [2.05, 4.69) is 29.9 Å². The summed E-state index contributed by atoms with van der Waals surface area (Å²) < 4.78 is 0. The molecule has 2 atom stereocenters. The Morgan fingerprint density at radius 1 is 1.35 bits per heavy atom. The van der Waals surface area contributed by atoms with Gasteiger partial charge in [0.25, 0.3) is 0 Å². The van der Waals surface area contributed by atoms with Crippen molar-refractivity contribution >= 4 is 12.2 Å². The van der Waals surface area contributed by atoms with Gasteiger partial charge in [0, 0.05) is 19.1 Å². The molecule has 94 valence electrons. The number of oxime groups is 1. The third kappa shape index (κ3) is 2.76. The van der Waals surface area contributed by atoms with Crippen molar-refractivity contribution in [3.8, 4) is 0 Å². The standard InChI is InChI=1S/C14H21NO2/c1-10(16)17-15-9-13-12(14(13,2)3)8-11-6-4-5-7-11/h8-9,12-13H,4-7H2,1-3H3/b15-9+/t12-,13+/m0/s1. The molecule has 3 heteroatoms. The second kappa shape index (κ2) is 4.63. The largest absolute Gasteiger partial charge is 0.331 e. The molecule has 0 spiro atoms. The van der Waals surface area contributed by atoms with Gasteiger partial charge in [0.1, 0.15) is 0 Å². The molecule has 0 N–H and O–H groups in total. The van der Waals surface area contributed by atoms with E-state index in [1.807, 2.05) is 0 Å². The SMILES string of the molecule is CC(=O)O/N=C/[C@@H]1[C@H](C=C2CCCC2)C1(C)C. The zero-order valence-electron chi connectivity index (χ0n) is 10.9. The van der Waals surface area contributed by atoms with Crippen molar-refractivity contribution in [3.05, 3.63) is 11.6 Å². The van der Waals surface area contributed by atoms with Gasteiger partial charge in [-0.2, -0.15) is 0 Å². The molecule has 0 amide bonds. The van der Waals surface area contributed by atoms with Crippen LogP contribution in [0.25, 0.3) is 0 Å². The Morgan fingerprint density at radius 3 is 2.59 bits per heavy atom. The Labute approximate surface area is 103 Å². The minimum absolute atomic E-state index is 0.263. The van der Waals surface area contributed by atoms with Crippen LogP contribution in [0.5, 0.6) is 0 Å². The van der Waals surface area contributed by atoms with Gasteiger partial charge in [-0.1, -0.05) is 30.7 Å². The van der Waals surface area contributed by atoms with Gasteiger partial charge >= 0.3 is 5.97 Å². The molecule has 2 aliphatic rings. The normalized spacial score (nSPS) is 30.6. The van der Waals surface area contributed by atoms with Gasteiger partial charge in [0.05, 0.1) is 0 Å². The third-order valence-corrected chi connectivity index (χ3v) is 4.06. The first kappa shape index (κ1) is 12.3. The average Bonchev–Trinajstić information content (AvgIpc) is 2.68. The molecule has 2 fully saturated rings. The predicted molar refractivity (Wildman–Crippen MR) is 67.6 cm³/mol. The van der Waals surface area contributed by atoms with Gasteiger partial charge in [-0.05, 0) is 37.0 Å². The summed E-state index contributed by atoms with van der Waals surface area (Å²) in [4.78, 5) is 15.2. The highest BCUT2D eigenvalue weighted by Crippen LogP contribution is 2.58. The highest BCUT2D eigenvalue weighted by atomic mass is 16.7. The van der Waals surface area contributed by atoms with E-state index in [4.69, 9.17) is 0 Å². The van der Waals surface area contributed by atoms with E-state index < -0.39 is 0 Å². The Kier molecular flexibility index (Phi) is 3.36. The second-order valence-corrected chi connectivity index (χ2v) is 5.74. The minimum atomic E-state index is -0.356. The molecule has 0 aromatic carbocycles. The topological polar surface area (TPSA) is 38.7 Å². The minimum Gasteiger partial charge on any atom is -0.319 e. The summed E-state index contributed by atoms with van der Waals surface area (Å²) in [6.07, 6.45) is 9.42. The van der Waals surface area contributed by atoms with Gasteiger partial charge in [0.15, 0.2) is 0 Å². The summed E-state index contributed by atoms with van der Waals surface area (Å²) in [5, 5.41) is 3.75. The molecule has 2 saturated carbocycles. The van der Waals surface area contributed by atoms with Crippen LogP contribution in [0.15, 0.2) is 16.8 Å². The Hall–Kier alpha value is -1.12. The lowest BCUT2D eigenvalue weighted by Crippen LogP contribution is -1.94.